The molecule has 2 saturated heterocycles. The van der Waals surface area contributed by atoms with E-state index in [4.69, 9.17) is 4.74 Å². The zero-order valence-electron chi connectivity index (χ0n) is 13.5. The van der Waals surface area contributed by atoms with Crippen molar-refractivity contribution < 1.29 is 27.9 Å². The van der Waals surface area contributed by atoms with Crippen molar-refractivity contribution in [3.8, 4) is 0 Å². The number of nitrogens with one attached hydrogen (secondary N) is 2. The smallest absolute Gasteiger partial charge is 0.322 e. The third-order valence-corrected chi connectivity index (χ3v) is 4.26. The number of alkyl halides is 2. The molecule has 0 aliphatic carbocycles. The van der Waals surface area contributed by atoms with Gasteiger partial charge in [0.05, 0.1) is 13.2 Å². The number of urea groups is 1. The van der Waals surface area contributed by atoms with Crippen LogP contribution in [-0.4, -0.2) is 55.0 Å². The molecule has 0 radical (unpaired) electrons. The molecule has 7 nitrogen and oxygen atoms in total. The molecule has 3 rings (SSSR count). The third-order valence-electron chi connectivity index (χ3n) is 4.26. The van der Waals surface area contributed by atoms with E-state index >= 15 is 0 Å². The van der Waals surface area contributed by atoms with Gasteiger partial charge in [0, 0.05) is 12.1 Å². The highest BCUT2D eigenvalue weighted by molar-refractivity contribution is 6.07. The van der Waals surface area contributed by atoms with Crippen molar-refractivity contribution in [3.63, 3.8) is 0 Å². The van der Waals surface area contributed by atoms with Crippen molar-refractivity contribution in [2.45, 2.75) is 18.4 Å². The fourth-order valence-corrected chi connectivity index (χ4v) is 2.87. The minimum atomic E-state index is -3.12. The number of hydrogen-bond donors (Lipinski definition) is 2. The topological polar surface area (TPSA) is 87.7 Å². The van der Waals surface area contributed by atoms with E-state index < -0.39 is 42.5 Å². The molecule has 1 unspecified atom stereocenters. The summed E-state index contributed by atoms with van der Waals surface area (Å²) in [7, 11) is 0. The van der Waals surface area contributed by atoms with Gasteiger partial charge in [-0.25, -0.2) is 13.6 Å². The molecular weight excluding hydrogens is 336 g/mol. The van der Waals surface area contributed by atoms with Crippen molar-refractivity contribution in [2.75, 3.05) is 26.3 Å². The van der Waals surface area contributed by atoms with Crippen LogP contribution in [0.1, 0.15) is 22.8 Å². The van der Waals surface area contributed by atoms with Crippen LogP contribution < -0.4 is 10.6 Å². The average molecular weight is 353 g/mol. The van der Waals surface area contributed by atoms with Gasteiger partial charge in [-0.15, -0.1) is 0 Å². The quantitative estimate of drug-likeness (QED) is 0.772. The highest BCUT2D eigenvalue weighted by atomic mass is 19.3. The first-order valence-corrected chi connectivity index (χ1v) is 7.70. The first-order chi connectivity index (χ1) is 11.7. The Morgan fingerprint density at radius 2 is 2.08 bits per heavy atom. The van der Waals surface area contributed by atoms with Crippen LogP contribution in [0.25, 0.3) is 0 Å². The first-order valence-electron chi connectivity index (χ1n) is 7.70. The highest BCUT2D eigenvalue weighted by Crippen LogP contribution is 2.26. The summed E-state index contributed by atoms with van der Waals surface area (Å²) >= 11 is 0. The number of benzene rings is 1. The van der Waals surface area contributed by atoms with Gasteiger partial charge in [0.2, 0.25) is 0 Å². The van der Waals surface area contributed by atoms with E-state index in [0.717, 1.165) is 4.90 Å². The number of rotatable bonds is 2. The summed E-state index contributed by atoms with van der Waals surface area (Å²) in [6.07, 6.45) is 0. The van der Waals surface area contributed by atoms with Gasteiger partial charge in [0.25, 0.3) is 17.7 Å². The van der Waals surface area contributed by atoms with Gasteiger partial charge < -0.3 is 15.0 Å². The predicted octanol–water partition coefficient (Wildman–Crippen LogP) is 0.849. The summed E-state index contributed by atoms with van der Waals surface area (Å²) in [5.74, 6) is -4.24. The summed E-state index contributed by atoms with van der Waals surface area (Å²) < 4.78 is 32.1. The lowest BCUT2D eigenvalue weighted by atomic mass is 9.91. The average Bonchev–Trinajstić information content (AvgIpc) is 2.71. The SMILES string of the molecule is CC1(c2cccc(C(=O)N3CCOCC(F)(F)C3)c2)NC(=O)NC1=O. The number of carbonyl (C=O) groups excluding carboxylic acids is 3. The number of imide groups is 1. The molecule has 2 heterocycles. The Morgan fingerprint density at radius 3 is 2.76 bits per heavy atom. The van der Waals surface area contributed by atoms with Gasteiger partial charge in [-0.3, -0.25) is 14.9 Å². The van der Waals surface area contributed by atoms with Gasteiger partial charge in [-0.05, 0) is 24.6 Å². The zero-order chi connectivity index (χ0) is 18.2. The van der Waals surface area contributed by atoms with Crippen LogP contribution in [0.2, 0.25) is 0 Å². The fraction of sp³-hybridized carbons (Fsp3) is 0.438. The van der Waals surface area contributed by atoms with Crippen molar-refractivity contribution in [2.24, 2.45) is 0 Å². The van der Waals surface area contributed by atoms with E-state index in [1.165, 1.54) is 25.1 Å². The molecule has 1 aromatic carbocycles. The molecule has 2 fully saturated rings. The van der Waals surface area contributed by atoms with E-state index in [9.17, 15) is 23.2 Å². The lowest BCUT2D eigenvalue weighted by Gasteiger charge is -2.25. The summed E-state index contributed by atoms with van der Waals surface area (Å²) in [4.78, 5) is 37.1. The van der Waals surface area contributed by atoms with Crippen molar-refractivity contribution in [3.05, 3.63) is 35.4 Å². The summed E-state index contributed by atoms with van der Waals surface area (Å²) in [6.45, 7) is 0.126. The summed E-state index contributed by atoms with van der Waals surface area (Å²) in [5, 5.41) is 4.64. The highest BCUT2D eigenvalue weighted by Gasteiger charge is 2.44. The van der Waals surface area contributed by atoms with Gasteiger partial charge in [-0.2, -0.15) is 0 Å². The molecule has 2 aliphatic heterocycles. The minimum absolute atomic E-state index is 0.0250. The summed E-state index contributed by atoms with van der Waals surface area (Å²) in [5.41, 5.74) is -0.774. The number of nitrogens with zero attached hydrogens (tertiary/aromatic N) is 1. The number of hydrogen-bond acceptors (Lipinski definition) is 4. The lowest BCUT2D eigenvalue weighted by Crippen LogP contribution is -2.42. The molecule has 4 amide bonds. The van der Waals surface area contributed by atoms with Crippen molar-refractivity contribution in [1.29, 1.82) is 0 Å². The Bertz CT molecular complexity index is 740. The number of amides is 4. The van der Waals surface area contributed by atoms with E-state index in [2.05, 4.69) is 10.6 Å². The van der Waals surface area contributed by atoms with E-state index in [1.54, 1.807) is 6.07 Å². The number of carbonyl (C=O) groups is 3. The Kier molecular flexibility index (Phi) is 4.19. The van der Waals surface area contributed by atoms with Gasteiger partial charge >= 0.3 is 6.03 Å². The molecule has 134 valence electrons. The second-order valence-electron chi connectivity index (χ2n) is 6.25. The first kappa shape index (κ1) is 17.3. The summed E-state index contributed by atoms with van der Waals surface area (Å²) in [6, 6.07) is 5.40. The predicted molar refractivity (Wildman–Crippen MR) is 82.1 cm³/mol. The van der Waals surface area contributed by atoms with Crippen LogP contribution in [0.3, 0.4) is 0 Å². The molecule has 1 atom stereocenters. The van der Waals surface area contributed by atoms with E-state index in [1.807, 2.05) is 0 Å². The zero-order valence-corrected chi connectivity index (χ0v) is 13.5. The van der Waals surface area contributed by atoms with Gasteiger partial charge in [0.15, 0.2) is 0 Å². The minimum Gasteiger partial charge on any atom is -0.373 e. The Morgan fingerprint density at radius 1 is 1.32 bits per heavy atom. The maximum Gasteiger partial charge on any atom is 0.322 e. The maximum absolute atomic E-state index is 13.7. The monoisotopic (exact) mass is 353 g/mol. The van der Waals surface area contributed by atoms with Crippen LogP contribution in [0.4, 0.5) is 13.6 Å². The number of halogens is 2. The van der Waals surface area contributed by atoms with Crippen molar-refractivity contribution in [1.82, 2.24) is 15.5 Å². The van der Waals surface area contributed by atoms with Gasteiger partial charge in [-0.1, -0.05) is 12.1 Å². The molecule has 1 aromatic rings. The maximum atomic E-state index is 13.7. The van der Waals surface area contributed by atoms with Crippen LogP contribution in [0, 0.1) is 0 Å². The molecule has 25 heavy (non-hydrogen) atoms. The largest absolute Gasteiger partial charge is 0.373 e. The normalized spacial score (nSPS) is 26.0. The second kappa shape index (κ2) is 6.07. The molecule has 0 saturated carbocycles. The third kappa shape index (κ3) is 3.32. The number of ether oxygens (including phenoxy) is 1. The lowest BCUT2D eigenvalue weighted by molar-refractivity contribution is -0.123. The second-order valence-corrected chi connectivity index (χ2v) is 6.25. The molecule has 0 spiro atoms. The van der Waals surface area contributed by atoms with Crippen LogP contribution in [-0.2, 0) is 15.1 Å². The molecule has 9 heteroatoms. The van der Waals surface area contributed by atoms with Crippen LogP contribution in [0.15, 0.2) is 24.3 Å². The Labute approximate surface area is 142 Å². The molecule has 2 aliphatic rings. The van der Waals surface area contributed by atoms with Crippen molar-refractivity contribution >= 4 is 17.8 Å². The van der Waals surface area contributed by atoms with Crippen LogP contribution in [0.5, 0.6) is 0 Å². The molecule has 0 aromatic heterocycles. The van der Waals surface area contributed by atoms with E-state index in [-0.39, 0.29) is 18.7 Å². The standard InChI is InChI=1S/C16H17F2N3O4/c1-15(13(23)19-14(24)20-15)11-4-2-3-10(7-11)12(22)21-5-6-25-9-16(17,18)8-21/h2-4,7H,5-6,8-9H2,1H3,(H2,19,20,23,24). The Hall–Kier alpha value is -2.55. The van der Waals surface area contributed by atoms with E-state index in [0.29, 0.717) is 5.56 Å². The molecule has 2 N–H and O–H groups in total. The Balaban J connectivity index is 1.87. The van der Waals surface area contributed by atoms with Crippen LogP contribution >= 0.6 is 0 Å². The van der Waals surface area contributed by atoms with Gasteiger partial charge in [0.1, 0.15) is 12.1 Å². The fourth-order valence-electron chi connectivity index (χ4n) is 2.87. The molecular formula is C16H17F2N3O4. The molecule has 0 bridgehead atoms.